The van der Waals surface area contributed by atoms with Crippen LogP contribution in [-0.2, 0) is 26.1 Å². The monoisotopic (exact) mass is 339 g/mol. The molecule has 0 aliphatic rings. The quantitative estimate of drug-likeness (QED) is 0.787. The molecule has 0 aromatic heterocycles. The zero-order valence-corrected chi connectivity index (χ0v) is 15.7. The van der Waals surface area contributed by atoms with Gasteiger partial charge in [0.15, 0.2) is 0 Å². The molecular weight excluding hydrogens is 310 g/mol. The third-order valence-corrected chi connectivity index (χ3v) is 5.30. The summed E-state index contributed by atoms with van der Waals surface area (Å²) < 4.78 is 16.8. The fourth-order valence-corrected chi connectivity index (χ4v) is 3.02. The highest BCUT2D eigenvalue weighted by atomic mass is 32.2. The molecule has 1 amide bonds. The number of benzene rings is 1. The van der Waals surface area contributed by atoms with Crippen LogP contribution in [0.15, 0.2) is 24.3 Å². The first kappa shape index (κ1) is 19.8. The number of hydrogen-bond donors (Lipinski definition) is 1. The molecular formula is C18H29NO3S. The molecule has 0 bridgehead atoms. The average molecular weight is 340 g/mol. The van der Waals surface area contributed by atoms with Crippen LogP contribution in [0.3, 0.4) is 0 Å². The maximum absolute atomic E-state index is 12.2. The number of rotatable bonds is 8. The minimum atomic E-state index is -0.950. The number of amides is 1. The molecule has 0 heterocycles. The van der Waals surface area contributed by atoms with Gasteiger partial charge in [-0.15, -0.1) is 0 Å². The van der Waals surface area contributed by atoms with Gasteiger partial charge in [-0.1, -0.05) is 39.8 Å². The van der Waals surface area contributed by atoms with Crippen LogP contribution in [-0.4, -0.2) is 29.6 Å². The van der Waals surface area contributed by atoms with Crippen LogP contribution >= 0.6 is 0 Å². The third kappa shape index (κ3) is 7.75. The highest BCUT2D eigenvalue weighted by molar-refractivity contribution is 7.84. The van der Waals surface area contributed by atoms with Crippen molar-refractivity contribution in [3.05, 3.63) is 29.8 Å². The van der Waals surface area contributed by atoms with Crippen LogP contribution in [0.1, 0.15) is 39.7 Å². The fourth-order valence-electron chi connectivity index (χ4n) is 1.97. The average Bonchev–Trinajstić information content (AvgIpc) is 2.44. The Morgan fingerprint density at radius 3 is 2.65 bits per heavy atom. The minimum absolute atomic E-state index is 0.0186. The molecule has 1 N–H and O–H groups in total. The minimum Gasteiger partial charge on any atom is -0.384 e. The van der Waals surface area contributed by atoms with Gasteiger partial charge in [0.25, 0.3) is 0 Å². The van der Waals surface area contributed by atoms with Crippen molar-refractivity contribution >= 4 is 22.4 Å². The predicted octanol–water partition coefficient (Wildman–Crippen LogP) is 3.59. The summed E-state index contributed by atoms with van der Waals surface area (Å²) >= 11 is 0. The zero-order chi connectivity index (χ0) is 17.5. The molecule has 23 heavy (non-hydrogen) atoms. The van der Waals surface area contributed by atoms with Gasteiger partial charge in [-0.25, -0.2) is 0 Å². The van der Waals surface area contributed by atoms with Gasteiger partial charge in [0, 0.05) is 41.5 Å². The van der Waals surface area contributed by atoms with Crippen molar-refractivity contribution in [3.8, 4) is 0 Å². The largest absolute Gasteiger partial charge is 0.384 e. The Labute approximate surface area is 142 Å². The Balaban J connectivity index is 2.60. The summed E-state index contributed by atoms with van der Waals surface area (Å²) in [5, 5.41) is 2.94. The van der Waals surface area contributed by atoms with Gasteiger partial charge in [0.2, 0.25) is 5.91 Å². The van der Waals surface area contributed by atoms with E-state index in [0.29, 0.717) is 30.5 Å². The van der Waals surface area contributed by atoms with E-state index < -0.39 is 10.8 Å². The van der Waals surface area contributed by atoms with E-state index in [9.17, 15) is 9.00 Å². The summed E-state index contributed by atoms with van der Waals surface area (Å²) in [6, 6.07) is 7.56. The lowest BCUT2D eigenvalue weighted by atomic mass is 9.80. The molecule has 1 aromatic rings. The summed E-state index contributed by atoms with van der Waals surface area (Å²) in [4.78, 5) is 12.2. The lowest BCUT2D eigenvalue weighted by Crippen LogP contribution is -2.23. The number of anilines is 1. The van der Waals surface area contributed by atoms with Gasteiger partial charge in [0.05, 0.1) is 6.61 Å². The van der Waals surface area contributed by atoms with E-state index in [1.807, 2.05) is 24.3 Å². The number of methoxy groups -OCH3 is 1. The second kappa shape index (κ2) is 9.18. The molecule has 0 saturated heterocycles. The Morgan fingerprint density at radius 1 is 1.35 bits per heavy atom. The van der Waals surface area contributed by atoms with Gasteiger partial charge < -0.3 is 10.1 Å². The van der Waals surface area contributed by atoms with Crippen LogP contribution in [0.5, 0.6) is 0 Å². The first-order chi connectivity index (χ1) is 10.7. The van der Waals surface area contributed by atoms with E-state index in [2.05, 4.69) is 33.0 Å². The van der Waals surface area contributed by atoms with E-state index in [0.717, 1.165) is 11.3 Å². The Bertz CT molecular complexity index is 537. The Kier molecular flexibility index (Phi) is 7.92. The maximum atomic E-state index is 12.2. The lowest BCUT2D eigenvalue weighted by molar-refractivity contribution is -0.117. The summed E-state index contributed by atoms with van der Waals surface area (Å²) in [7, 11) is 0.653. The van der Waals surface area contributed by atoms with Crippen molar-refractivity contribution < 1.29 is 13.7 Å². The Morgan fingerprint density at radius 2 is 2.04 bits per heavy atom. The van der Waals surface area contributed by atoms with Gasteiger partial charge in [0.1, 0.15) is 0 Å². The van der Waals surface area contributed by atoms with Gasteiger partial charge in [-0.3, -0.25) is 9.00 Å². The second-order valence-corrected chi connectivity index (χ2v) is 8.58. The fraction of sp³-hybridized carbons (Fsp3) is 0.611. The smallest absolute Gasteiger partial charge is 0.224 e. The van der Waals surface area contributed by atoms with E-state index in [-0.39, 0.29) is 11.3 Å². The molecule has 130 valence electrons. The van der Waals surface area contributed by atoms with E-state index in [1.54, 1.807) is 7.11 Å². The summed E-state index contributed by atoms with van der Waals surface area (Å²) in [6.07, 6.45) is 0.494. The first-order valence-electron chi connectivity index (χ1n) is 7.95. The molecule has 1 aromatic carbocycles. The SMILES string of the molecule is COCC[S@](=O)Cc1cccc(NC(=O)C[C@@H](C)C(C)(C)C)c1. The molecule has 0 saturated carbocycles. The van der Waals surface area contributed by atoms with Crippen LogP contribution in [0.2, 0.25) is 0 Å². The van der Waals surface area contributed by atoms with Crippen molar-refractivity contribution in [2.45, 2.75) is 39.9 Å². The molecule has 0 radical (unpaired) electrons. The molecule has 0 aliphatic carbocycles. The number of ether oxygens (including phenoxy) is 1. The van der Waals surface area contributed by atoms with Crippen LogP contribution in [0, 0.1) is 11.3 Å². The van der Waals surface area contributed by atoms with Crippen molar-refractivity contribution in [3.63, 3.8) is 0 Å². The molecule has 2 atom stereocenters. The normalized spacial score (nSPS) is 14.3. The molecule has 0 aliphatic heterocycles. The lowest BCUT2D eigenvalue weighted by Gasteiger charge is -2.26. The van der Waals surface area contributed by atoms with E-state index in [4.69, 9.17) is 4.74 Å². The third-order valence-electron chi connectivity index (χ3n) is 4.02. The van der Waals surface area contributed by atoms with Gasteiger partial charge >= 0.3 is 0 Å². The molecule has 0 unspecified atom stereocenters. The van der Waals surface area contributed by atoms with Crippen molar-refractivity contribution in [1.29, 1.82) is 0 Å². The molecule has 0 spiro atoms. The highest BCUT2D eigenvalue weighted by Gasteiger charge is 2.22. The van der Waals surface area contributed by atoms with Crippen molar-refractivity contribution in [2.75, 3.05) is 24.8 Å². The van der Waals surface area contributed by atoms with Crippen molar-refractivity contribution in [2.24, 2.45) is 11.3 Å². The number of nitrogens with one attached hydrogen (secondary N) is 1. The molecule has 5 heteroatoms. The van der Waals surface area contributed by atoms with Crippen LogP contribution in [0.4, 0.5) is 5.69 Å². The maximum Gasteiger partial charge on any atom is 0.224 e. The van der Waals surface area contributed by atoms with Crippen molar-refractivity contribution in [1.82, 2.24) is 0 Å². The summed E-state index contributed by atoms with van der Waals surface area (Å²) in [5.74, 6) is 1.32. The van der Waals surface area contributed by atoms with Crippen LogP contribution in [0.25, 0.3) is 0 Å². The second-order valence-electron chi connectivity index (χ2n) is 7.00. The topological polar surface area (TPSA) is 55.4 Å². The van der Waals surface area contributed by atoms with E-state index >= 15 is 0 Å². The predicted molar refractivity (Wildman–Crippen MR) is 96.9 cm³/mol. The van der Waals surface area contributed by atoms with E-state index in [1.165, 1.54) is 0 Å². The highest BCUT2D eigenvalue weighted by Crippen LogP contribution is 2.28. The standard InChI is InChI=1S/C18H29NO3S/c1-14(18(2,3)4)11-17(20)19-16-8-6-7-15(12-16)13-23(21)10-9-22-5/h6-8,12,14H,9-11,13H2,1-5H3,(H,19,20)/t14-,23+/m1/s1. The molecule has 0 fully saturated rings. The number of carbonyl (C=O) groups is 1. The van der Waals surface area contributed by atoms with Gasteiger partial charge in [-0.2, -0.15) is 0 Å². The van der Waals surface area contributed by atoms with Crippen LogP contribution < -0.4 is 5.32 Å². The van der Waals surface area contributed by atoms with Gasteiger partial charge in [-0.05, 0) is 29.0 Å². The molecule has 4 nitrogen and oxygen atoms in total. The number of carbonyl (C=O) groups excluding carboxylic acids is 1. The summed E-state index contributed by atoms with van der Waals surface area (Å²) in [6.45, 7) is 9.01. The molecule has 1 rings (SSSR count). The zero-order valence-electron chi connectivity index (χ0n) is 14.8. The number of hydrogen-bond acceptors (Lipinski definition) is 3. The Hall–Kier alpha value is -1.20. The first-order valence-corrected chi connectivity index (χ1v) is 9.44. The summed E-state index contributed by atoms with van der Waals surface area (Å²) in [5.41, 5.74) is 1.83.